The summed E-state index contributed by atoms with van der Waals surface area (Å²) in [5.74, 6) is -1.72. The Balaban J connectivity index is 2.66. The maximum atomic E-state index is 12.4. The molecule has 0 radical (unpaired) electrons. The summed E-state index contributed by atoms with van der Waals surface area (Å²) >= 11 is 5.21. The summed E-state index contributed by atoms with van der Waals surface area (Å²) in [6.07, 6.45) is 0. The van der Waals surface area contributed by atoms with Crippen molar-refractivity contribution in [3.05, 3.63) is 30.1 Å². The maximum absolute atomic E-state index is 12.4. The van der Waals surface area contributed by atoms with Gasteiger partial charge in [0.15, 0.2) is 0 Å². The number of hydrogen-bond donors (Lipinski definition) is 2. The third-order valence-corrected chi connectivity index (χ3v) is 1.55. The zero-order chi connectivity index (χ0) is 10.6. The summed E-state index contributed by atoms with van der Waals surface area (Å²) in [5, 5.41) is 11.1. The topological polar surface area (TPSA) is 61.7 Å². The summed E-state index contributed by atoms with van der Waals surface area (Å²) in [4.78, 5) is 10.2. The number of benzene rings is 1. The highest BCUT2D eigenvalue weighted by Gasteiger charge is 2.03. The van der Waals surface area contributed by atoms with Crippen molar-refractivity contribution in [2.45, 2.75) is 0 Å². The van der Waals surface area contributed by atoms with Gasteiger partial charge in [-0.3, -0.25) is 5.43 Å². The lowest BCUT2D eigenvalue weighted by atomic mass is 10.3. The number of rotatable bonds is 3. The Morgan fingerprint density at radius 3 is 2.50 bits per heavy atom. The second-order valence-corrected chi connectivity index (χ2v) is 2.68. The van der Waals surface area contributed by atoms with Crippen LogP contribution in [-0.4, -0.2) is 16.2 Å². The summed E-state index contributed by atoms with van der Waals surface area (Å²) in [7, 11) is 0. The fourth-order valence-corrected chi connectivity index (χ4v) is 0.728. The van der Waals surface area contributed by atoms with Crippen molar-refractivity contribution < 1.29 is 14.3 Å². The first-order valence-electron chi connectivity index (χ1n) is 3.57. The van der Waals surface area contributed by atoms with E-state index in [1.165, 1.54) is 24.3 Å². The number of anilines is 1. The molecule has 0 bridgehead atoms. The third kappa shape index (κ3) is 3.02. The molecule has 0 aromatic heterocycles. The molecule has 4 nitrogen and oxygen atoms in total. The molecule has 0 amide bonds. The first-order valence-corrected chi connectivity index (χ1v) is 3.95. The van der Waals surface area contributed by atoms with Crippen LogP contribution in [0.5, 0.6) is 0 Å². The molecule has 0 fully saturated rings. The molecule has 1 rings (SSSR count). The van der Waals surface area contributed by atoms with E-state index in [9.17, 15) is 9.18 Å². The lowest BCUT2D eigenvalue weighted by molar-refractivity contribution is -0.129. The molecule has 0 spiro atoms. The first-order chi connectivity index (χ1) is 6.59. The molecule has 0 saturated carbocycles. The van der Waals surface area contributed by atoms with Crippen molar-refractivity contribution in [2.24, 2.45) is 5.10 Å². The SMILES string of the molecule is O=C(O)C(Cl)=NNc1ccc(F)cc1. The Labute approximate surface area is 84.0 Å². The Hall–Kier alpha value is -1.62. The van der Waals surface area contributed by atoms with Crippen LogP contribution in [0, 0.1) is 5.82 Å². The van der Waals surface area contributed by atoms with Crippen LogP contribution in [0.2, 0.25) is 0 Å². The van der Waals surface area contributed by atoms with Gasteiger partial charge in [0.2, 0.25) is 5.17 Å². The minimum atomic E-state index is -1.33. The number of nitrogens with one attached hydrogen (secondary N) is 1. The molecular formula is C8H6ClFN2O2. The van der Waals surface area contributed by atoms with Crippen LogP contribution >= 0.6 is 11.6 Å². The Morgan fingerprint density at radius 2 is 2.00 bits per heavy atom. The van der Waals surface area contributed by atoms with Crippen molar-refractivity contribution >= 4 is 28.4 Å². The molecule has 0 heterocycles. The number of carboxylic acid groups (broad SMARTS) is 1. The number of aliphatic carboxylic acids is 1. The second kappa shape index (κ2) is 4.57. The highest BCUT2D eigenvalue weighted by molar-refractivity contribution is 6.81. The zero-order valence-electron chi connectivity index (χ0n) is 6.87. The predicted octanol–water partition coefficient (Wildman–Crippen LogP) is 1.87. The number of nitrogens with zero attached hydrogens (tertiary/aromatic N) is 1. The number of carbonyl (C=O) groups is 1. The van der Waals surface area contributed by atoms with Crippen LogP contribution in [-0.2, 0) is 4.79 Å². The molecule has 0 aliphatic rings. The van der Waals surface area contributed by atoms with E-state index in [1.807, 2.05) is 0 Å². The second-order valence-electron chi connectivity index (χ2n) is 2.33. The van der Waals surface area contributed by atoms with Crippen LogP contribution in [0.25, 0.3) is 0 Å². The monoisotopic (exact) mass is 216 g/mol. The zero-order valence-corrected chi connectivity index (χ0v) is 7.62. The minimum absolute atomic E-state index is 0.385. The normalized spacial score (nSPS) is 11.1. The maximum Gasteiger partial charge on any atom is 0.368 e. The molecule has 2 N–H and O–H groups in total. The fraction of sp³-hybridized carbons (Fsp3) is 0. The van der Waals surface area contributed by atoms with E-state index in [0.717, 1.165) is 0 Å². The molecule has 0 aliphatic carbocycles. The standard InChI is InChI=1S/C8H6ClFN2O2/c9-7(8(13)14)12-11-6-3-1-5(10)2-4-6/h1-4,11H,(H,13,14). The van der Waals surface area contributed by atoms with Gasteiger partial charge in [0.1, 0.15) is 5.82 Å². The first kappa shape index (κ1) is 10.5. The highest BCUT2D eigenvalue weighted by Crippen LogP contribution is 2.08. The average Bonchev–Trinajstić information content (AvgIpc) is 2.16. The molecule has 74 valence electrons. The summed E-state index contributed by atoms with van der Waals surface area (Å²) in [5.41, 5.74) is 2.81. The molecule has 0 saturated heterocycles. The van der Waals surface area contributed by atoms with E-state index in [0.29, 0.717) is 5.69 Å². The lowest BCUT2D eigenvalue weighted by Crippen LogP contribution is -2.07. The van der Waals surface area contributed by atoms with Gasteiger partial charge in [-0.15, -0.1) is 0 Å². The molecule has 14 heavy (non-hydrogen) atoms. The van der Waals surface area contributed by atoms with Gasteiger partial charge in [-0.05, 0) is 24.3 Å². The number of halogens is 2. The number of hydrazone groups is 1. The van der Waals surface area contributed by atoms with Crippen molar-refractivity contribution in [1.82, 2.24) is 0 Å². The Morgan fingerprint density at radius 1 is 1.43 bits per heavy atom. The summed E-state index contributed by atoms with van der Waals surface area (Å²) in [6, 6.07) is 5.24. The van der Waals surface area contributed by atoms with Gasteiger partial charge in [0, 0.05) is 0 Å². The van der Waals surface area contributed by atoms with Gasteiger partial charge in [0.05, 0.1) is 5.69 Å². The van der Waals surface area contributed by atoms with E-state index in [1.54, 1.807) is 0 Å². The molecule has 0 aliphatic heterocycles. The predicted molar refractivity (Wildman–Crippen MR) is 50.9 cm³/mol. The van der Waals surface area contributed by atoms with Crippen molar-refractivity contribution in [3.8, 4) is 0 Å². The van der Waals surface area contributed by atoms with Crippen LogP contribution in [0.1, 0.15) is 0 Å². The van der Waals surface area contributed by atoms with Gasteiger partial charge in [-0.25, -0.2) is 9.18 Å². The van der Waals surface area contributed by atoms with E-state index in [4.69, 9.17) is 16.7 Å². The van der Waals surface area contributed by atoms with E-state index in [2.05, 4.69) is 10.5 Å². The van der Waals surface area contributed by atoms with Gasteiger partial charge in [-0.2, -0.15) is 5.10 Å². The fourth-order valence-electron chi connectivity index (χ4n) is 0.686. The van der Waals surface area contributed by atoms with Crippen molar-refractivity contribution in [2.75, 3.05) is 5.43 Å². The van der Waals surface area contributed by atoms with E-state index in [-0.39, 0.29) is 5.82 Å². The van der Waals surface area contributed by atoms with E-state index >= 15 is 0 Å². The van der Waals surface area contributed by atoms with Gasteiger partial charge in [-0.1, -0.05) is 11.6 Å². The number of carboxylic acids is 1. The summed E-state index contributed by atoms with van der Waals surface area (Å²) < 4.78 is 12.4. The Kier molecular flexibility index (Phi) is 3.41. The van der Waals surface area contributed by atoms with E-state index < -0.39 is 11.1 Å². The molecular weight excluding hydrogens is 211 g/mol. The summed E-state index contributed by atoms with van der Waals surface area (Å²) in [6.45, 7) is 0. The van der Waals surface area contributed by atoms with Crippen LogP contribution in [0.4, 0.5) is 10.1 Å². The molecule has 1 aromatic rings. The van der Waals surface area contributed by atoms with Crippen LogP contribution in [0.15, 0.2) is 29.4 Å². The van der Waals surface area contributed by atoms with Crippen LogP contribution in [0.3, 0.4) is 0 Å². The molecule has 1 aromatic carbocycles. The minimum Gasteiger partial charge on any atom is -0.476 e. The molecule has 0 unspecified atom stereocenters. The highest BCUT2D eigenvalue weighted by atomic mass is 35.5. The smallest absolute Gasteiger partial charge is 0.368 e. The van der Waals surface area contributed by atoms with Gasteiger partial charge < -0.3 is 5.11 Å². The number of hydrogen-bond acceptors (Lipinski definition) is 3. The Bertz CT molecular complexity index is 364. The third-order valence-electron chi connectivity index (χ3n) is 1.30. The molecule has 6 heteroatoms. The molecule has 0 atom stereocenters. The van der Waals surface area contributed by atoms with Crippen molar-refractivity contribution in [3.63, 3.8) is 0 Å². The quantitative estimate of drug-likeness (QED) is 0.599. The van der Waals surface area contributed by atoms with Crippen molar-refractivity contribution in [1.29, 1.82) is 0 Å². The average molecular weight is 217 g/mol. The lowest BCUT2D eigenvalue weighted by Gasteiger charge is -1.98. The largest absolute Gasteiger partial charge is 0.476 e. The van der Waals surface area contributed by atoms with Gasteiger partial charge >= 0.3 is 5.97 Å². The van der Waals surface area contributed by atoms with Crippen LogP contribution < -0.4 is 5.43 Å². The van der Waals surface area contributed by atoms with Gasteiger partial charge in [0.25, 0.3) is 0 Å².